The van der Waals surface area contributed by atoms with Crippen molar-refractivity contribution in [2.24, 2.45) is 16.7 Å². The molecule has 2 heterocycles. The number of carbonyl (C=O) groups is 1. The van der Waals surface area contributed by atoms with E-state index in [1.165, 1.54) is 25.3 Å². The van der Waals surface area contributed by atoms with Crippen LogP contribution in [0, 0.1) is 22.6 Å². The number of nitrogens with one attached hydrogen (secondary N) is 1. The van der Waals surface area contributed by atoms with Gasteiger partial charge in [-0.1, -0.05) is 20.8 Å². The minimum atomic E-state index is -0.802. The Hall–Kier alpha value is -1.86. The molecule has 2 unspecified atom stereocenters. The minimum absolute atomic E-state index is 0.0417. The molecule has 0 aromatic heterocycles. The van der Waals surface area contributed by atoms with Crippen molar-refractivity contribution in [1.82, 2.24) is 10.2 Å². The molecule has 3 fully saturated rings. The second kappa shape index (κ2) is 8.37. The number of rotatable bonds is 6. The van der Waals surface area contributed by atoms with Crippen molar-refractivity contribution < 1.29 is 18.7 Å². The van der Waals surface area contributed by atoms with E-state index in [2.05, 4.69) is 35.9 Å². The molecule has 1 N–H and O–H groups in total. The predicted octanol–water partition coefficient (Wildman–Crippen LogP) is 3.62. The van der Waals surface area contributed by atoms with Gasteiger partial charge in [0.05, 0.1) is 26.0 Å². The summed E-state index contributed by atoms with van der Waals surface area (Å²) in [6, 6.07) is 3.15. The van der Waals surface area contributed by atoms with Gasteiger partial charge in [-0.15, -0.1) is 0 Å². The normalized spacial score (nSPS) is 34.4. The third kappa shape index (κ3) is 3.70. The van der Waals surface area contributed by atoms with E-state index in [-0.39, 0.29) is 28.6 Å². The van der Waals surface area contributed by atoms with Crippen LogP contribution < -0.4 is 15.0 Å². The third-order valence-electron chi connectivity index (χ3n) is 9.52. The zero-order chi connectivity index (χ0) is 24.3. The van der Waals surface area contributed by atoms with Gasteiger partial charge >= 0.3 is 0 Å². The first-order valence-corrected chi connectivity index (χ1v) is 12.8. The molecular formula is C27H40FN3O3. The molecule has 6 nitrogen and oxygen atoms in total. The number of hydrogen-bond donors (Lipinski definition) is 1. The fraction of sp³-hybridized carbons (Fsp3) is 0.741. The number of methoxy groups -OCH3 is 1. The molecule has 1 amide bonds. The van der Waals surface area contributed by atoms with Crippen molar-refractivity contribution >= 4 is 11.6 Å². The highest BCUT2D eigenvalue weighted by atomic mass is 19.1. The first-order chi connectivity index (χ1) is 16.1. The Bertz CT molecular complexity index is 958. The van der Waals surface area contributed by atoms with Gasteiger partial charge in [0, 0.05) is 44.7 Å². The summed E-state index contributed by atoms with van der Waals surface area (Å²) >= 11 is 0. The van der Waals surface area contributed by atoms with Gasteiger partial charge in [-0.05, 0) is 54.6 Å². The zero-order valence-electron chi connectivity index (χ0n) is 21.4. The number of fused-ring (bicyclic) bond motifs is 3. The molecule has 34 heavy (non-hydrogen) atoms. The molecule has 7 heteroatoms. The maximum absolute atomic E-state index is 14.4. The highest BCUT2D eigenvalue weighted by molar-refractivity contribution is 5.94. The maximum Gasteiger partial charge on any atom is 0.246 e. The van der Waals surface area contributed by atoms with Gasteiger partial charge in [0.2, 0.25) is 5.91 Å². The number of anilines is 1. The lowest BCUT2D eigenvalue weighted by Crippen LogP contribution is -2.62. The highest BCUT2D eigenvalue weighted by Crippen LogP contribution is 2.62. The maximum atomic E-state index is 14.4. The molecule has 2 aliphatic heterocycles. The first-order valence-electron chi connectivity index (χ1n) is 12.8. The van der Waals surface area contributed by atoms with Crippen LogP contribution in [0.25, 0.3) is 0 Å². The molecule has 188 valence electrons. The number of benzene rings is 1. The predicted molar refractivity (Wildman–Crippen MR) is 131 cm³/mol. The summed E-state index contributed by atoms with van der Waals surface area (Å²) in [5.74, 6) is 0.874. The number of morpholine rings is 1. The van der Waals surface area contributed by atoms with Crippen LogP contribution in [0.5, 0.6) is 5.75 Å². The minimum Gasteiger partial charge on any atom is -0.494 e. The number of carbonyl (C=O) groups excluding carboxylic acids is 1. The van der Waals surface area contributed by atoms with Crippen molar-refractivity contribution in [3.8, 4) is 5.75 Å². The van der Waals surface area contributed by atoms with Gasteiger partial charge in [0.25, 0.3) is 0 Å². The van der Waals surface area contributed by atoms with E-state index < -0.39 is 5.54 Å². The third-order valence-corrected chi connectivity index (χ3v) is 9.52. The summed E-state index contributed by atoms with van der Waals surface area (Å²) in [4.78, 5) is 18.7. The second-order valence-corrected chi connectivity index (χ2v) is 12.0. The summed E-state index contributed by atoms with van der Waals surface area (Å²) in [6.45, 7) is 13.7. The second-order valence-electron chi connectivity index (χ2n) is 12.0. The highest BCUT2D eigenvalue weighted by Gasteiger charge is 2.61. The molecule has 4 atom stereocenters. The lowest BCUT2D eigenvalue weighted by Gasteiger charge is -2.46. The summed E-state index contributed by atoms with van der Waals surface area (Å²) < 4.78 is 25.5. The summed E-state index contributed by atoms with van der Waals surface area (Å²) in [6.07, 6.45) is 4.07. The molecule has 5 rings (SSSR count). The van der Waals surface area contributed by atoms with E-state index >= 15 is 0 Å². The standard InChI is InChI=1S/C27H40FN3O3/c1-25(2)19-6-7-26(3,17-19)23(25)29-24(32)27(4)16-18-14-20(28)15-21(33-5)22(18)31(27)9-8-30-10-12-34-13-11-30/h14-15,19,23H,6-13,16-17H2,1-5H3,(H,29,32)/t19?,23-,26+,27?/m1/s1. The van der Waals surface area contributed by atoms with Gasteiger partial charge in [-0.3, -0.25) is 9.69 Å². The first kappa shape index (κ1) is 23.9. The Labute approximate surface area is 203 Å². The van der Waals surface area contributed by atoms with Gasteiger partial charge in [-0.25, -0.2) is 4.39 Å². The van der Waals surface area contributed by atoms with Gasteiger partial charge < -0.3 is 19.7 Å². The number of hydrogen-bond acceptors (Lipinski definition) is 5. The molecule has 1 aromatic rings. The Morgan fingerprint density at radius 3 is 2.59 bits per heavy atom. The van der Waals surface area contributed by atoms with Crippen LogP contribution in [0.3, 0.4) is 0 Å². The summed E-state index contributed by atoms with van der Waals surface area (Å²) in [5.41, 5.74) is 1.12. The number of ether oxygens (including phenoxy) is 2. The van der Waals surface area contributed by atoms with Crippen LogP contribution in [0.2, 0.25) is 0 Å². The quantitative estimate of drug-likeness (QED) is 0.684. The molecule has 1 aromatic carbocycles. The Balaban J connectivity index is 1.44. The molecule has 1 saturated heterocycles. The van der Waals surface area contributed by atoms with Crippen molar-refractivity contribution in [1.29, 1.82) is 0 Å². The monoisotopic (exact) mass is 473 g/mol. The van der Waals surface area contributed by atoms with E-state index in [1.807, 2.05) is 6.92 Å². The van der Waals surface area contributed by atoms with Crippen LogP contribution in [-0.2, 0) is 16.0 Å². The molecular weight excluding hydrogens is 433 g/mol. The lowest BCUT2D eigenvalue weighted by molar-refractivity contribution is -0.128. The summed E-state index contributed by atoms with van der Waals surface area (Å²) in [7, 11) is 1.57. The molecule has 0 radical (unpaired) electrons. The molecule has 2 bridgehead atoms. The largest absolute Gasteiger partial charge is 0.494 e. The molecule has 2 saturated carbocycles. The van der Waals surface area contributed by atoms with Crippen molar-refractivity contribution in [2.45, 2.75) is 65.0 Å². The van der Waals surface area contributed by atoms with Gasteiger partial charge in [0.1, 0.15) is 17.1 Å². The van der Waals surface area contributed by atoms with E-state index in [0.717, 1.165) is 44.1 Å². The molecule has 4 aliphatic rings. The Morgan fingerprint density at radius 1 is 1.21 bits per heavy atom. The van der Waals surface area contributed by atoms with E-state index in [0.29, 0.717) is 24.6 Å². The Morgan fingerprint density at radius 2 is 1.94 bits per heavy atom. The zero-order valence-corrected chi connectivity index (χ0v) is 21.4. The number of nitrogens with zero attached hydrogens (tertiary/aromatic N) is 2. The van der Waals surface area contributed by atoms with Gasteiger partial charge in [0.15, 0.2) is 0 Å². The number of amides is 1. The smallest absolute Gasteiger partial charge is 0.246 e. The van der Waals surface area contributed by atoms with Crippen molar-refractivity contribution in [3.05, 3.63) is 23.5 Å². The van der Waals surface area contributed by atoms with Crippen molar-refractivity contribution in [2.75, 3.05) is 51.4 Å². The van der Waals surface area contributed by atoms with E-state index in [4.69, 9.17) is 9.47 Å². The lowest BCUT2D eigenvalue weighted by atomic mass is 9.68. The fourth-order valence-corrected chi connectivity index (χ4v) is 7.51. The van der Waals surface area contributed by atoms with Crippen LogP contribution in [0.1, 0.15) is 52.5 Å². The van der Waals surface area contributed by atoms with Crippen molar-refractivity contribution in [3.63, 3.8) is 0 Å². The average molecular weight is 474 g/mol. The number of halogens is 1. The fourth-order valence-electron chi connectivity index (χ4n) is 7.51. The SMILES string of the molecule is COc1cc(F)cc2c1N(CCN1CCOCC1)C(C)(C(=O)N[C@@H]1C(C)(C)C3CC[C@@]1(C)C3)C2. The van der Waals surface area contributed by atoms with Crippen LogP contribution in [-0.4, -0.2) is 68.9 Å². The topological polar surface area (TPSA) is 54.0 Å². The van der Waals surface area contributed by atoms with Crippen LogP contribution in [0.4, 0.5) is 10.1 Å². The summed E-state index contributed by atoms with van der Waals surface area (Å²) in [5, 5.41) is 3.53. The Kier molecular flexibility index (Phi) is 5.87. The van der Waals surface area contributed by atoms with Crippen LogP contribution in [0.15, 0.2) is 12.1 Å². The van der Waals surface area contributed by atoms with Crippen LogP contribution >= 0.6 is 0 Å². The average Bonchev–Trinajstić information content (AvgIpc) is 3.39. The van der Waals surface area contributed by atoms with E-state index in [9.17, 15) is 9.18 Å². The van der Waals surface area contributed by atoms with E-state index in [1.54, 1.807) is 13.2 Å². The molecule has 2 aliphatic carbocycles. The molecule has 0 spiro atoms. The van der Waals surface area contributed by atoms with Gasteiger partial charge in [-0.2, -0.15) is 0 Å².